The van der Waals surface area contributed by atoms with Gasteiger partial charge >= 0.3 is 0 Å². The van der Waals surface area contributed by atoms with Crippen LogP contribution in [0.15, 0.2) is 24.3 Å². The summed E-state index contributed by atoms with van der Waals surface area (Å²) in [5.41, 5.74) is 0.939. The Hall–Kier alpha value is -1.02. The summed E-state index contributed by atoms with van der Waals surface area (Å²) in [6.45, 7) is 2.30. The molecule has 0 spiro atoms. The minimum absolute atomic E-state index is 0.376. The highest BCUT2D eigenvalue weighted by atomic mass is 16.5. The van der Waals surface area contributed by atoms with Gasteiger partial charge in [-0.3, -0.25) is 0 Å². The van der Waals surface area contributed by atoms with E-state index < -0.39 is 0 Å². The van der Waals surface area contributed by atoms with Gasteiger partial charge < -0.3 is 9.84 Å². The summed E-state index contributed by atoms with van der Waals surface area (Å²) in [6.07, 6.45) is 4.34. The van der Waals surface area contributed by atoms with E-state index in [-0.39, 0.29) is 6.10 Å². The van der Waals surface area contributed by atoms with Gasteiger partial charge in [-0.25, -0.2) is 0 Å². The van der Waals surface area contributed by atoms with Crippen molar-refractivity contribution in [3.05, 3.63) is 29.8 Å². The minimum Gasteiger partial charge on any atom is -0.496 e. The number of aliphatic hydroxyl groups is 1. The number of hydrogen-bond donors (Lipinski definition) is 1. The van der Waals surface area contributed by atoms with Crippen LogP contribution in [0.4, 0.5) is 0 Å². The summed E-state index contributed by atoms with van der Waals surface area (Å²) in [5, 5.41) is 10.5. The van der Waals surface area contributed by atoms with Gasteiger partial charge in [-0.1, -0.05) is 38.0 Å². The molecule has 2 heteroatoms. The summed E-state index contributed by atoms with van der Waals surface area (Å²) >= 11 is 0. The lowest BCUT2D eigenvalue weighted by Crippen LogP contribution is -2.19. The lowest BCUT2D eigenvalue weighted by atomic mass is 9.78. The van der Waals surface area contributed by atoms with Crippen molar-refractivity contribution < 1.29 is 9.84 Å². The van der Waals surface area contributed by atoms with Gasteiger partial charge in [-0.15, -0.1) is 0 Å². The van der Waals surface area contributed by atoms with Gasteiger partial charge in [0.15, 0.2) is 0 Å². The number of benzene rings is 1. The fourth-order valence-electron chi connectivity index (χ4n) is 2.77. The van der Waals surface area contributed by atoms with Crippen molar-refractivity contribution in [2.45, 2.75) is 38.7 Å². The third-order valence-electron chi connectivity index (χ3n) is 3.96. The quantitative estimate of drug-likeness (QED) is 0.866. The first kappa shape index (κ1) is 12.4. The van der Waals surface area contributed by atoms with Gasteiger partial charge in [0.05, 0.1) is 13.2 Å². The zero-order valence-electron chi connectivity index (χ0n) is 10.7. The van der Waals surface area contributed by atoms with Crippen LogP contribution in [0, 0.1) is 11.8 Å². The molecule has 1 saturated carbocycles. The van der Waals surface area contributed by atoms with Crippen LogP contribution >= 0.6 is 0 Å². The maximum atomic E-state index is 10.5. The Morgan fingerprint density at radius 1 is 1.18 bits per heavy atom. The molecule has 2 rings (SSSR count). The van der Waals surface area contributed by atoms with E-state index >= 15 is 0 Å². The average molecular weight is 234 g/mol. The molecule has 0 amide bonds. The van der Waals surface area contributed by atoms with E-state index in [2.05, 4.69) is 6.92 Å². The summed E-state index contributed by atoms with van der Waals surface area (Å²) in [4.78, 5) is 0. The Bertz CT molecular complexity index is 354. The highest BCUT2D eigenvalue weighted by Gasteiger charge is 2.27. The number of methoxy groups -OCH3 is 1. The van der Waals surface area contributed by atoms with Crippen LogP contribution in [0.25, 0.3) is 0 Å². The van der Waals surface area contributed by atoms with E-state index in [0.717, 1.165) is 30.1 Å². The summed E-state index contributed by atoms with van der Waals surface area (Å²) in [5.74, 6) is 2.01. The lowest BCUT2D eigenvalue weighted by Gasteiger charge is -2.30. The highest BCUT2D eigenvalue weighted by Crippen LogP contribution is 2.39. The third kappa shape index (κ3) is 2.81. The van der Waals surface area contributed by atoms with Crippen LogP contribution < -0.4 is 4.74 Å². The van der Waals surface area contributed by atoms with Crippen LogP contribution in [0.3, 0.4) is 0 Å². The maximum absolute atomic E-state index is 10.5. The standard InChI is InChI=1S/C15H22O2/c1-11-7-9-12(10-8-11)15(16)13-5-3-4-6-14(13)17-2/h3-6,11-12,15-16H,7-10H2,1-2H3. The molecule has 1 aromatic rings. The third-order valence-corrected chi connectivity index (χ3v) is 3.96. The van der Waals surface area contributed by atoms with Gasteiger partial charge in [-0.2, -0.15) is 0 Å². The van der Waals surface area contributed by atoms with Crippen molar-refractivity contribution in [2.24, 2.45) is 11.8 Å². The Balaban J connectivity index is 2.10. The lowest BCUT2D eigenvalue weighted by molar-refractivity contribution is 0.0734. The Labute approximate surface area is 104 Å². The molecule has 1 fully saturated rings. The molecule has 2 nitrogen and oxygen atoms in total. The number of hydrogen-bond acceptors (Lipinski definition) is 2. The molecule has 1 aliphatic rings. The summed E-state index contributed by atoms with van der Waals surface area (Å²) < 4.78 is 5.32. The minimum atomic E-state index is -0.376. The van der Waals surface area contributed by atoms with Crippen molar-refractivity contribution in [1.82, 2.24) is 0 Å². The molecule has 0 heterocycles. The first-order chi connectivity index (χ1) is 8.22. The van der Waals surface area contributed by atoms with Gasteiger partial charge in [0.1, 0.15) is 5.75 Å². The van der Waals surface area contributed by atoms with Gasteiger partial charge in [0.2, 0.25) is 0 Å². The van der Waals surface area contributed by atoms with Crippen molar-refractivity contribution in [3.8, 4) is 5.75 Å². The van der Waals surface area contributed by atoms with Crippen LogP contribution in [0.2, 0.25) is 0 Å². The smallest absolute Gasteiger partial charge is 0.124 e. The fourth-order valence-corrected chi connectivity index (χ4v) is 2.77. The first-order valence-corrected chi connectivity index (χ1v) is 6.53. The second-order valence-electron chi connectivity index (χ2n) is 5.21. The van der Waals surface area contributed by atoms with Crippen LogP contribution in [0.5, 0.6) is 5.75 Å². The van der Waals surface area contributed by atoms with E-state index in [0.29, 0.717) is 5.92 Å². The molecule has 0 bridgehead atoms. The van der Waals surface area contributed by atoms with E-state index in [4.69, 9.17) is 4.74 Å². The molecule has 1 aliphatic carbocycles. The fraction of sp³-hybridized carbons (Fsp3) is 0.600. The summed E-state index contributed by atoms with van der Waals surface area (Å²) in [6, 6.07) is 7.80. The first-order valence-electron chi connectivity index (χ1n) is 6.53. The predicted molar refractivity (Wildman–Crippen MR) is 69.1 cm³/mol. The molecular weight excluding hydrogens is 212 g/mol. The number of ether oxygens (including phenoxy) is 1. The zero-order chi connectivity index (χ0) is 12.3. The molecule has 1 N–H and O–H groups in total. The Morgan fingerprint density at radius 2 is 1.82 bits per heavy atom. The van der Waals surface area contributed by atoms with Gasteiger partial charge in [0.25, 0.3) is 0 Å². The zero-order valence-corrected chi connectivity index (χ0v) is 10.7. The van der Waals surface area contributed by atoms with Gasteiger partial charge in [0, 0.05) is 5.56 Å². The molecule has 1 atom stereocenters. The largest absolute Gasteiger partial charge is 0.496 e. The second kappa shape index (κ2) is 5.54. The van der Waals surface area contributed by atoms with E-state index in [1.807, 2.05) is 24.3 Å². The Kier molecular flexibility index (Phi) is 4.06. The summed E-state index contributed by atoms with van der Waals surface area (Å²) in [7, 11) is 1.66. The normalized spacial score (nSPS) is 26.5. The van der Waals surface area contributed by atoms with Crippen molar-refractivity contribution in [3.63, 3.8) is 0 Å². The van der Waals surface area contributed by atoms with E-state index in [1.165, 1.54) is 12.8 Å². The Morgan fingerprint density at radius 3 is 2.47 bits per heavy atom. The topological polar surface area (TPSA) is 29.5 Å². The molecule has 0 aromatic heterocycles. The van der Waals surface area contributed by atoms with E-state index in [1.54, 1.807) is 7.11 Å². The second-order valence-corrected chi connectivity index (χ2v) is 5.21. The highest BCUT2D eigenvalue weighted by molar-refractivity contribution is 5.35. The van der Waals surface area contributed by atoms with Crippen LogP contribution in [-0.4, -0.2) is 12.2 Å². The maximum Gasteiger partial charge on any atom is 0.124 e. The van der Waals surface area contributed by atoms with Gasteiger partial charge in [-0.05, 0) is 30.7 Å². The van der Waals surface area contributed by atoms with E-state index in [9.17, 15) is 5.11 Å². The molecule has 0 radical (unpaired) electrons. The van der Waals surface area contributed by atoms with Crippen molar-refractivity contribution in [2.75, 3.05) is 7.11 Å². The molecule has 17 heavy (non-hydrogen) atoms. The molecular formula is C15H22O2. The number of aliphatic hydroxyl groups excluding tert-OH is 1. The molecule has 1 aromatic carbocycles. The average Bonchev–Trinajstić information content (AvgIpc) is 2.39. The monoisotopic (exact) mass is 234 g/mol. The van der Waals surface area contributed by atoms with Crippen LogP contribution in [-0.2, 0) is 0 Å². The number of rotatable bonds is 3. The molecule has 1 unspecified atom stereocenters. The molecule has 94 valence electrons. The SMILES string of the molecule is COc1ccccc1C(O)C1CCC(C)CC1. The van der Waals surface area contributed by atoms with Crippen molar-refractivity contribution >= 4 is 0 Å². The van der Waals surface area contributed by atoms with Crippen molar-refractivity contribution in [1.29, 1.82) is 0 Å². The number of para-hydroxylation sites is 1. The van der Waals surface area contributed by atoms with Crippen LogP contribution in [0.1, 0.15) is 44.3 Å². The predicted octanol–water partition coefficient (Wildman–Crippen LogP) is 3.55. The molecule has 0 aliphatic heterocycles. The molecule has 0 saturated heterocycles.